The number of rotatable bonds is 5. The van der Waals surface area contributed by atoms with Crippen LogP contribution in [0.25, 0.3) is 16.3 Å². The van der Waals surface area contributed by atoms with Gasteiger partial charge in [0.25, 0.3) is 5.91 Å². The molecule has 0 saturated carbocycles. The fourth-order valence-electron chi connectivity index (χ4n) is 4.35. The van der Waals surface area contributed by atoms with Crippen molar-refractivity contribution in [1.82, 2.24) is 9.97 Å². The third-order valence-electron chi connectivity index (χ3n) is 5.90. The Balaban J connectivity index is 1.64. The van der Waals surface area contributed by atoms with E-state index in [-0.39, 0.29) is 5.57 Å². The standard InChI is InChI=1S/C27H23N3O3S2/c1-14-12-15(2)22-20(13-14)35-27(29-22)30-19(11-10-18-8-6-5-7-9-18)21(24(32)26(30)33)23(31)25-16(3)28-17(4)34-25/h5-13,19,32H,1-4H3/b11-10+. The highest BCUT2D eigenvalue weighted by atomic mass is 32.1. The number of aryl methyl sites for hydroxylation is 4. The number of anilines is 1. The molecule has 4 aromatic rings. The first kappa shape index (κ1) is 23.1. The van der Waals surface area contributed by atoms with Crippen molar-refractivity contribution in [2.45, 2.75) is 33.7 Å². The highest BCUT2D eigenvalue weighted by Crippen LogP contribution is 2.39. The lowest BCUT2D eigenvalue weighted by Gasteiger charge is -2.21. The lowest BCUT2D eigenvalue weighted by atomic mass is 10.0. The Kier molecular flexibility index (Phi) is 5.86. The first-order chi connectivity index (χ1) is 16.7. The number of carbonyl (C=O) groups is 2. The number of nitrogens with zero attached hydrogens (tertiary/aromatic N) is 3. The van der Waals surface area contributed by atoms with Gasteiger partial charge in [0.05, 0.1) is 37.4 Å². The molecule has 1 N–H and O–H groups in total. The van der Waals surface area contributed by atoms with Gasteiger partial charge in [0.2, 0.25) is 5.78 Å². The Morgan fingerprint density at radius 2 is 1.80 bits per heavy atom. The molecule has 176 valence electrons. The average Bonchev–Trinajstić information content (AvgIpc) is 3.46. The molecule has 0 spiro atoms. The Morgan fingerprint density at radius 1 is 1.06 bits per heavy atom. The maximum Gasteiger partial charge on any atom is 0.296 e. The van der Waals surface area contributed by atoms with Crippen molar-refractivity contribution in [2.75, 3.05) is 4.90 Å². The first-order valence-corrected chi connectivity index (χ1v) is 12.7. The van der Waals surface area contributed by atoms with E-state index in [1.54, 1.807) is 13.0 Å². The molecule has 0 radical (unpaired) electrons. The summed E-state index contributed by atoms with van der Waals surface area (Å²) in [5.41, 5.74) is 4.46. The van der Waals surface area contributed by atoms with E-state index in [1.807, 2.05) is 69.3 Å². The summed E-state index contributed by atoms with van der Waals surface area (Å²) in [6.07, 6.45) is 3.63. The second kappa shape index (κ2) is 8.87. The van der Waals surface area contributed by atoms with Gasteiger partial charge in [-0.3, -0.25) is 14.5 Å². The fourth-order valence-corrected chi connectivity index (χ4v) is 6.40. The van der Waals surface area contributed by atoms with Crippen molar-refractivity contribution in [3.63, 3.8) is 0 Å². The second-order valence-electron chi connectivity index (χ2n) is 8.55. The molecule has 2 aromatic carbocycles. The van der Waals surface area contributed by atoms with E-state index in [0.29, 0.717) is 15.7 Å². The zero-order chi connectivity index (χ0) is 24.9. The summed E-state index contributed by atoms with van der Waals surface area (Å²) in [6, 6.07) is 12.9. The summed E-state index contributed by atoms with van der Waals surface area (Å²) in [4.78, 5) is 38.0. The minimum Gasteiger partial charge on any atom is -0.503 e. The van der Waals surface area contributed by atoms with Crippen LogP contribution in [-0.2, 0) is 4.79 Å². The van der Waals surface area contributed by atoms with Crippen molar-refractivity contribution in [3.05, 3.63) is 92.1 Å². The molecule has 1 aliphatic heterocycles. The molecule has 1 amide bonds. The lowest BCUT2D eigenvalue weighted by molar-refractivity contribution is -0.116. The lowest BCUT2D eigenvalue weighted by Crippen LogP contribution is -2.35. The number of hydrogen-bond acceptors (Lipinski definition) is 7. The Labute approximate surface area is 210 Å². The van der Waals surface area contributed by atoms with Crippen LogP contribution in [0, 0.1) is 27.7 Å². The number of benzene rings is 2. The largest absolute Gasteiger partial charge is 0.503 e. The molecule has 1 atom stereocenters. The first-order valence-electron chi connectivity index (χ1n) is 11.1. The van der Waals surface area contributed by atoms with E-state index in [1.165, 1.54) is 27.6 Å². The molecule has 0 bridgehead atoms. The summed E-state index contributed by atoms with van der Waals surface area (Å²) in [6.45, 7) is 7.59. The van der Waals surface area contributed by atoms with Crippen LogP contribution in [0.15, 0.2) is 59.9 Å². The van der Waals surface area contributed by atoms with Crippen LogP contribution in [0.2, 0.25) is 0 Å². The predicted molar refractivity (Wildman–Crippen MR) is 141 cm³/mol. The minimum atomic E-state index is -0.807. The molecule has 5 rings (SSSR count). The van der Waals surface area contributed by atoms with Gasteiger partial charge in [-0.25, -0.2) is 9.97 Å². The fraction of sp³-hybridized carbons (Fsp3) is 0.185. The number of carbonyl (C=O) groups excluding carboxylic acids is 2. The zero-order valence-corrected chi connectivity index (χ0v) is 21.3. The maximum absolute atomic E-state index is 13.6. The highest BCUT2D eigenvalue weighted by molar-refractivity contribution is 7.22. The minimum absolute atomic E-state index is 0.0427. The number of aliphatic hydroxyl groups is 1. The van der Waals surface area contributed by atoms with Gasteiger partial charge in [0, 0.05) is 0 Å². The zero-order valence-electron chi connectivity index (χ0n) is 19.7. The summed E-state index contributed by atoms with van der Waals surface area (Å²) in [5, 5.41) is 12.1. The second-order valence-corrected chi connectivity index (χ2v) is 10.8. The Hall–Kier alpha value is -3.62. The molecular weight excluding hydrogens is 478 g/mol. The average molecular weight is 502 g/mol. The van der Waals surface area contributed by atoms with Gasteiger partial charge in [-0.1, -0.05) is 59.9 Å². The van der Waals surface area contributed by atoms with Crippen LogP contribution in [-0.4, -0.2) is 32.8 Å². The summed E-state index contributed by atoms with van der Waals surface area (Å²) in [7, 11) is 0. The van der Waals surface area contributed by atoms with Gasteiger partial charge < -0.3 is 5.11 Å². The molecule has 1 unspecified atom stereocenters. The number of thiazole rings is 2. The van der Waals surface area contributed by atoms with Crippen molar-refractivity contribution in [2.24, 2.45) is 0 Å². The third kappa shape index (κ3) is 4.09. The number of ketones is 1. The molecule has 8 heteroatoms. The number of Topliss-reactive ketones (excluding diaryl/α,β-unsaturated/α-hetero) is 1. The summed E-state index contributed by atoms with van der Waals surface area (Å²) >= 11 is 2.63. The molecular formula is C27H23N3O3S2. The maximum atomic E-state index is 13.6. The van der Waals surface area contributed by atoms with Gasteiger partial charge in [0.1, 0.15) is 0 Å². The van der Waals surface area contributed by atoms with Gasteiger partial charge in [-0.05, 0) is 50.5 Å². The van der Waals surface area contributed by atoms with E-state index in [0.717, 1.165) is 31.9 Å². The smallest absolute Gasteiger partial charge is 0.296 e. The third-order valence-corrected chi connectivity index (χ3v) is 7.97. The van der Waals surface area contributed by atoms with Crippen LogP contribution < -0.4 is 4.90 Å². The Morgan fingerprint density at radius 3 is 2.49 bits per heavy atom. The van der Waals surface area contributed by atoms with E-state index >= 15 is 0 Å². The van der Waals surface area contributed by atoms with Crippen LogP contribution in [0.3, 0.4) is 0 Å². The Bertz CT molecular complexity index is 1550. The molecule has 2 aromatic heterocycles. The SMILES string of the molecule is Cc1cc(C)c2nc(N3C(=O)C(O)=C(C(=O)c4sc(C)nc4C)C3/C=C/c3ccccc3)sc2c1. The van der Waals surface area contributed by atoms with Crippen LogP contribution >= 0.6 is 22.7 Å². The molecule has 35 heavy (non-hydrogen) atoms. The number of fused-ring (bicyclic) bond motifs is 1. The van der Waals surface area contributed by atoms with Gasteiger partial charge >= 0.3 is 0 Å². The molecule has 1 aliphatic rings. The van der Waals surface area contributed by atoms with Crippen molar-refractivity contribution < 1.29 is 14.7 Å². The van der Waals surface area contributed by atoms with Crippen LogP contribution in [0.5, 0.6) is 0 Å². The van der Waals surface area contributed by atoms with E-state index in [2.05, 4.69) is 4.98 Å². The molecule has 0 saturated heterocycles. The number of amides is 1. The van der Waals surface area contributed by atoms with Crippen molar-refractivity contribution in [3.8, 4) is 0 Å². The van der Waals surface area contributed by atoms with E-state index in [4.69, 9.17) is 4.98 Å². The predicted octanol–water partition coefficient (Wildman–Crippen LogP) is 6.11. The summed E-state index contributed by atoms with van der Waals surface area (Å²) < 4.78 is 0.948. The van der Waals surface area contributed by atoms with Crippen molar-refractivity contribution >= 4 is 55.8 Å². The van der Waals surface area contributed by atoms with E-state index < -0.39 is 23.5 Å². The monoisotopic (exact) mass is 501 g/mol. The highest BCUT2D eigenvalue weighted by Gasteiger charge is 2.44. The van der Waals surface area contributed by atoms with E-state index in [9.17, 15) is 14.7 Å². The number of hydrogen-bond donors (Lipinski definition) is 1. The quantitative estimate of drug-likeness (QED) is 0.334. The number of aliphatic hydroxyl groups excluding tert-OH is 1. The van der Waals surface area contributed by atoms with Gasteiger partial charge in [-0.15, -0.1) is 11.3 Å². The molecule has 0 aliphatic carbocycles. The van der Waals surface area contributed by atoms with Crippen molar-refractivity contribution in [1.29, 1.82) is 0 Å². The molecule has 0 fully saturated rings. The van der Waals surface area contributed by atoms with Gasteiger partial charge in [0.15, 0.2) is 10.9 Å². The molecule has 3 heterocycles. The number of aromatic nitrogens is 2. The van der Waals surface area contributed by atoms with Crippen LogP contribution in [0.4, 0.5) is 5.13 Å². The summed E-state index contributed by atoms with van der Waals surface area (Å²) in [5.74, 6) is -1.57. The molecule has 6 nitrogen and oxygen atoms in total. The topological polar surface area (TPSA) is 83.4 Å². The van der Waals surface area contributed by atoms with Crippen LogP contribution in [0.1, 0.15) is 37.1 Å². The normalized spacial score (nSPS) is 16.3. The van der Waals surface area contributed by atoms with Gasteiger partial charge in [-0.2, -0.15) is 0 Å².